The molecule has 1 rings (SSSR count). The van der Waals surface area contributed by atoms with Gasteiger partial charge in [0.05, 0.1) is 5.56 Å². The molecular weight excluding hydrogens is 394 g/mol. The summed E-state index contributed by atoms with van der Waals surface area (Å²) in [6, 6.07) is 5.76. The number of benzene rings is 1. The van der Waals surface area contributed by atoms with Gasteiger partial charge >= 0.3 is 0 Å². The molecule has 0 amide bonds. The first-order valence-electron chi connectivity index (χ1n) is 6.43. The van der Waals surface area contributed by atoms with Gasteiger partial charge in [-0.05, 0) is 76.5 Å². The van der Waals surface area contributed by atoms with Crippen LogP contribution in [0.2, 0.25) is 0 Å². The molecule has 0 saturated carbocycles. The molecule has 0 fully saturated rings. The van der Waals surface area contributed by atoms with Gasteiger partial charge in [0.15, 0.2) is 5.52 Å². The Morgan fingerprint density at radius 2 is 1.75 bits per heavy atom. The third kappa shape index (κ3) is 7.23. The summed E-state index contributed by atoms with van der Waals surface area (Å²) in [5, 5.41) is 0. The maximum Gasteiger partial charge on any atom is 0.183 e. The van der Waals surface area contributed by atoms with E-state index in [1.54, 1.807) is 0 Å². The van der Waals surface area contributed by atoms with Crippen molar-refractivity contribution >= 4 is 64.8 Å². The maximum absolute atomic E-state index is 12.3. The molecule has 1 aromatic carbocycles. The Bertz CT molecular complexity index is 437. The van der Waals surface area contributed by atoms with Gasteiger partial charge in [-0.1, -0.05) is 33.8 Å². The molecule has 20 heavy (non-hydrogen) atoms. The molecule has 1 radical (unpaired) electrons. The maximum atomic E-state index is 12.3. The van der Waals surface area contributed by atoms with Crippen LogP contribution in [0.25, 0.3) is 0 Å². The standard InChI is InChI=1S/C15H21Br2OP.Li/c1-10(8-15(2,3)4)9-19-14(18)13-11(16)6-5-7-12(13)17;/h5-7,10,19H,8-9H2,1-4H3;. The van der Waals surface area contributed by atoms with Crippen LogP contribution in [0.15, 0.2) is 27.1 Å². The summed E-state index contributed by atoms with van der Waals surface area (Å²) in [6.45, 7) is 8.98. The third-order valence-electron chi connectivity index (χ3n) is 2.76. The van der Waals surface area contributed by atoms with Crippen molar-refractivity contribution in [3.05, 3.63) is 32.7 Å². The van der Waals surface area contributed by atoms with Crippen molar-refractivity contribution in [1.82, 2.24) is 0 Å². The Morgan fingerprint density at radius 1 is 1.25 bits per heavy atom. The van der Waals surface area contributed by atoms with Gasteiger partial charge in [0.1, 0.15) is 0 Å². The Morgan fingerprint density at radius 3 is 2.20 bits per heavy atom. The van der Waals surface area contributed by atoms with E-state index in [4.69, 9.17) is 0 Å². The summed E-state index contributed by atoms with van der Waals surface area (Å²) in [6.07, 6.45) is 2.13. The normalized spacial score (nSPS) is 13.3. The van der Waals surface area contributed by atoms with Crippen molar-refractivity contribution in [2.24, 2.45) is 11.3 Å². The molecule has 0 aliphatic carbocycles. The molecule has 0 aliphatic rings. The third-order valence-corrected chi connectivity index (χ3v) is 5.56. The van der Waals surface area contributed by atoms with E-state index >= 15 is 0 Å². The van der Waals surface area contributed by atoms with Gasteiger partial charge in [-0.15, -0.1) is 0 Å². The van der Waals surface area contributed by atoms with E-state index in [0.29, 0.717) is 19.9 Å². The fraction of sp³-hybridized carbons (Fsp3) is 0.533. The van der Waals surface area contributed by atoms with E-state index in [2.05, 4.69) is 59.6 Å². The van der Waals surface area contributed by atoms with Crippen LogP contribution < -0.4 is 0 Å². The zero-order chi connectivity index (χ0) is 14.6. The van der Waals surface area contributed by atoms with Crippen molar-refractivity contribution < 1.29 is 4.79 Å². The molecular formula is C15H21Br2LiOP. The van der Waals surface area contributed by atoms with E-state index in [1.165, 1.54) is 0 Å². The van der Waals surface area contributed by atoms with Crippen molar-refractivity contribution in [3.63, 3.8) is 0 Å². The molecule has 5 heteroatoms. The number of halogens is 2. The van der Waals surface area contributed by atoms with Crippen LogP contribution >= 0.6 is 40.4 Å². The number of carbonyl (C=O) groups is 1. The van der Waals surface area contributed by atoms with Crippen LogP contribution in [0.1, 0.15) is 44.5 Å². The molecule has 2 atom stereocenters. The molecule has 0 aliphatic heterocycles. The average Bonchev–Trinajstić information content (AvgIpc) is 2.23. The van der Waals surface area contributed by atoms with Gasteiger partial charge in [-0.25, -0.2) is 0 Å². The second-order valence-electron chi connectivity index (χ2n) is 6.18. The summed E-state index contributed by atoms with van der Waals surface area (Å²) in [4.78, 5) is 12.3. The van der Waals surface area contributed by atoms with E-state index in [-0.39, 0.29) is 24.4 Å². The predicted molar refractivity (Wildman–Crippen MR) is 98.3 cm³/mol. The first-order valence-corrected chi connectivity index (χ1v) is 9.22. The minimum Gasteiger partial charge on any atom is -0.289 e. The van der Waals surface area contributed by atoms with Crippen LogP contribution in [0.3, 0.4) is 0 Å². The summed E-state index contributed by atoms with van der Waals surface area (Å²) in [5.41, 5.74) is 1.35. The topological polar surface area (TPSA) is 17.1 Å². The van der Waals surface area contributed by atoms with Crippen LogP contribution in [0.5, 0.6) is 0 Å². The zero-order valence-corrected chi connectivity index (χ0v) is 17.1. The largest absolute Gasteiger partial charge is 0.289 e. The Hall–Kier alpha value is 0.877. The number of hydrogen-bond acceptors (Lipinski definition) is 1. The van der Waals surface area contributed by atoms with Crippen LogP contribution in [0, 0.1) is 11.3 Å². The van der Waals surface area contributed by atoms with Crippen LogP contribution in [-0.2, 0) is 0 Å². The molecule has 0 heterocycles. The minimum atomic E-state index is 0. The molecule has 0 spiro atoms. The van der Waals surface area contributed by atoms with E-state index in [9.17, 15) is 4.79 Å². The molecule has 0 aromatic heterocycles. The summed E-state index contributed by atoms with van der Waals surface area (Å²) in [5.74, 6) is 0.587. The van der Waals surface area contributed by atoms with E-state index in [0.717, 1.165) is 27.1 Å². The fourth-order valence-electron chi connectivity index (χ4n) is 2.19. The molecule has 0 bridgehead atoms. The summed E-state index contributed by atoms with van der Waals surface area (Å²) in [7, 11) is 0.344. The van der Waals surface area contributed by atoms with Crippen molar-refractivity contribution in [3.8, 4) is 0 Å². The molecule has 0 saturated heterocycles. The Balaban J connectivity index is 0.00000361. The van der Waals surface area contributed by atoms with Crippen LogP contribution in [-0.4, -0.2) is 30.5 Å². The van der Waals surface area contributed by atoms with Gasteiger partial charge in [0.25, 0.3) is 0 Å². The van der Waals surface area contributed by atoms with Gasteiger partial charge in [-0.3, -0.25) is 4.79 Å². The fourth-order valence-corrected chi connectivity index (χ4v) is 5.04. The smallest absolute Gasteiger partial charge is 0.183 e. The minimum absolute atomic E-state index is 0. The van der Waals surface area contributed by atoms with Crippen LogP contribution in [0.4, 0.5) is 0 Å². The van der Waals surface area contributed by atoms with Gasteiger partial charge in [0, 0.05) is 27.8 Å². The van der Waals surface area contributed by atoms with Crippen molar-refractivity contribution in [2.75, 3.05) is 6.16 Å². The second-order valence-corrected chi connectivity index (χ2v) is 9.10. The quantitative estimate of drug-likeness (QED) is 0.444. The number of carbonyl (C=O) groups excluding carboxylic acids is 1. The van der Waals surface area contributed by atoms with Gasteiger partial charge in [-0.2, -0.15) is 0 Å². The van der Waals surface area contributed by atoms with Gasteiger partial charge < -0.3 is 0 Å². The Kier molecular flexibility index (Phi) is 9.51. The second kappa shape index (κ2) is 9.11. The summed E-state index contributed by atoms with van der Waals surface area (Å²) < 4.78 is 1.76. The molecule has 2 unspecified atom stereocenters. The van der Waals surface area contributed by atoms with E-state index in [1.807, 2.05) is 18.2 Å². The van der Waals surface area contributed by atoms with Crippen molar-refractivity contribution in [2.45, 2.75) is 34.1 Å². The van der Waals surface area contributed by atoms with Crippen molar-refractivity contribution in [1.29, 1.82) is 0 Å². The molecule has 0 N–H and O–H groups in total. The van der Waals surface area contributed by atoms with E-state index < -0.39 is 0 Å². The average molecular weight is 415 g/mol. The Labute approximate surface area is 153 Å². The first kappa shape index (κ1) is 20.9. The number of rotatable bonds is 5. The molecule has 1 aromatic rings. The zero-order valence-electron chi connectivity index (χ0n) is 12.9. The van der Waals surface area contributed by atoms with Gasteiger partial charge in [0.2, 0.25) is 0 Å². The SMILES string of the molecule is CC(CPC(=O)c1c(Br)cccc1Br)CC(C)(C)C.[Li]. The number of hydrogen-bond donors (Lipinski definition) is 0. The molecule has 1 nitrogen and oxygen atoms in total. The molecule has 107 valence electrons. The summed E-state index contributed by atoms with van der Waals surface area (Å²) >= 11 is 6.91. The predicted octanol–water partition coefficient (Wildman–Crippen LogP) is 5.72. The monoisotopic (exact) mass is 413 g/mol. The first-order chi connectivity index (χ1) is 8.70.